The van der Waals surface area contributed by atoms with Gasteiger partial charge in [-0.2, -0.15) is 0 Å². The molecule has 1 aliphatic rings. The average Bonchev–Trinajstić information content (AvgIpc) is 2.35. The normalized spacial score (nSPS) is 25.2. The van der Waals surface area contributed by atoms with Crippen molar-refractivity contribution < 1.29 is 0 Å². The molecule has 0 aromatic carbocycles. The minimum atomic E-state index is 0.0640. The number of amidine groups is 1. The maximum absolute atomic E-state index is 7.36. The first-order valence-electron chi connectivity index (χ1n) is 6.26. The Morgan fingerprint density at radius 3 is 2.39 bits per heavy atom. The molecule has 5 heteroatoms. The van der Waals surface area contributed by atoms with E-state index in [2.05, 4.69) is 35.7 Å². The van der Waals surface area contributed by atoms with Gasteiger partial charge in [-0.25, -0.2) is 4.98 Å². The van der Waals surface area contributed by atoms with Crippen molar-refractivity contribution in [3.05, 3.63) is 23.9 Å². The standard InChI is InChI=1S/C13H21N5/c1-9-7-18(8-10(2)17(9)3)12-5-4-11(6-16-12)13(14)15/h4-6,9-10H,7-8H2,1-3H3,(H3,14,15). The fraction of sp³-hybridized carbons (Fsp3) is 0.538. The van der Waals surface area contributed by atoms with E-state index >= 15 is 0 Å². The summed E-state index contributed by atoms with van der Waals surface area (Å²) in [6.45, 7) is 6.42. The van der Waals surface area contributed by atoms with E-state index in [1.54, 1.807) is 6.20 Å². The topological polar surface area (TPSA) is 69.2 Å². The van der Waals surface area contributed by atoms with Crippen LogP contribution in [-0.2, 0) is 0 Å². The van der Waals surface area contributed by atoms with Crippen LogP contribution in [0.5, 0.6) is 0 Å². The molecular weight excluding hydrogens is 226 g/mol. The molecule has 0 spiro atoms. The number of aromatic nitrogens is 1. The lowest BCUT2D eigenvalue weighted by atomic mass is 10.1. The number of nitrogens with zero attached hydrogens (tertiary/aromatic N) is 3. The van der Waals surface area contributed by atoms with Crippen molar-refractivity contribution in [3.63, 3.8) is 0 Å². The number of nitrogens with two attached hydrogens (primary N) is 1. The van der Waals surface area contributed by atoms with E-state index in [1.165, 1.54) is 0 Å². The summed E-state index contributed by atoms with van der Waals surface area (Å²) in [6.07, 6.45) is 1.67. The second-order valence-corrected chi connectivity index (χ2v) is 5.09. The predicted molar refractivity (Wildman–Crippen MR) is 74.2 cm³/mol. The molecule has 2 heterocycles. The second-order valence-electron chi connectivity index (χ2n) is 5.09. The minimum absolute atomic E-state index is 0.0640. The highest BCUT2D eigenvalue weighted by Crippen LogP contribution is 2.19. The summed E-state index contributed by atoms with van der Waals surface area (Å²) in [5.41, 5.74) is 6.10. The van der Waals surface area contributed by atoms with Crippen molar-refractivity contribution in [2.75, 3.05) is 25.0 Å². The van der Waals surface area contributed by atoms with Crippen LogP contribution in [0.2, 0.25) is 0 Å². The third-order valence-electron chi connectivity index (χ3n) is 3.74. The SMILES string of the molecule is CC1CN(c2ccc(C(=N)N)cn2)CC(C)N1C. The van der Waals surface area contributed by atoms with Crippen LogP contribution in [0.25, 0.3) is 0 Å². The number of rotatable bonds is 2. The van der Waals surface area contributed by atoms with Gasteiger partial charge >= 0.3 is 0 Å². The van der Waals surface area contributed by atoms with Gasteiger partial charge in [-0.3, -0.25) is 10.3 Å². The Hall–Kier alpha value is -1.62. The van der Waals surface area contributed by atoms with Gasteiger partial charge in [-0.05, 0) is 33.0 Å². The highest BCUT2D eigenvalue weighted by atomic mass is 15.3. The van der Waals surface area contributed by atoms with Crippen molar-refractivity contribution in [1.29, 1.82) is 5.41 Å². The molecule has 2 rings (SSSR count). The van der Waals surface area contributed by atoms with Gasteiger partial charge in [-0.15, -0.1) is 0 Å². The monoisotopic (exact) mass is 247 g/mol. The van der Waals surface area contributed by atoms with E-state index in [0.29, 0.717) is 17.6 Å². The smallest absolute Gasteiger partial charge is 0.128 e. The van der Waals surface area contributed by atoms with Crippen LogP contribution in [-0.4, -0.2) is 47.9 Å². The molecule has 2 atom stereocenters. The maximum Gasteiger partial charge on any atom is 0.128 e. The number of likely N-dealkylation sites (N-methyl/N-ethyl adjacent to an activating group) is 1. The Balaban J connectivity index is 2.14. The number of nitrogen functional groups attached to an aromatic ring is 1. The van der Waals surface area contributed by atoms with Crippen molar-refractivity contribution in [2.24, 2.45) is 5.73 Å². The lowest BCUT2D eigenvalue weighted by Gasteiger charge is -2.43. The summed E-state index contributed by atoms with van der Waals surface area (Å²) < 4.78 is 0. The maximum atomic E-state index is 7.36. The third-order valence-corrected chi connectivity index (χ3v) is 3.74. The zero-order chi connectivity index (χ0) is 13.3. The van der Waals surface area contributed by atoms with Gasteiger partial charge in [-0.1, -0.05) is 0 Å². The van der Waals surface area contributed by atoms with E-state index in [1.807, 2.05) is 12.1 Å². The van der Waals surface area contributed by atoms with Crippen LogP contribution in [0.15, 0.2) is 18.3 Å². The Kier molecular flexibility index (Phi) is 3.52. The predicted octanol–water partition coefficient (Wildman–Crippen LogP) is 0.894. The summed E-state index contributed by atoms with van der Waals surface area (Å²) in [6, 6.07) is 4.84. The molecule has 0 aliphatic carbocycles. The number of anilines is 1. The third kappa shape index (κ3) is 2.46. The van der Waals surface area contributed by atoms with Crippen LogP contribution < -0.4 is 10.6 Å². The van der Waals surface area contributed by atoms with Gasteiger partial charge in [0, 0.05) is 36.9 Å². The van der Waals surface area contributed by atoms with Gasteiger partial charge < -0.3 is 10.6 Å². The van der Waals surface area contributed by atoms with Crippen molar-refractivity contribution in [2.45, 2.75) is 25.9 Å². The number of piperazine rings is 1. The first kappa shape index (κ1) is 12.8. The molecule has 2 unspecified atom stereocenters. The highest BCUT2D eigenvalue weighted by Gasteiger charge is 2.26. The van der Waals surface area contributed by atoms with Crippen LogP contribution in [0.3, 0.4) is 0 Å². The molecule has 0 saturated carbocycles. The fourth-order valence-electron chi connectivity index (χ4n) is 2.32. The zero-order valence-corrected chi connectivity index (χ0v) is 11.2. The number of pyridine rings is 1. The minimum Gasteiger partial charge on any atom is -0.384 e. The molecule has 3 N–H and O–H groups in total. The van der Waals surface area contributed by atoms with Gasteiger partial charge in [0.2, 0.25) is 0 Å². The van der Waals surface area contributed by atoms with Gasteiger partial charge in [0.15, 0.2) is 0 Å². The van der Waals surface area contributed by atoms with Gasteiger partial charge in [0.1, 0.15) is 11.7 Å². The molecule has 18 heavy (non-hydrogen) atoms. The molecule has 0 bridgehead atoms. The first-order valence-corrected chi connectivity index (χ1v) is 6.26. The van der Waals surface area contributed by atoms with E-state index in [0.717, 1.165) is 18.9 Å². The molecule has 1 fully saturated rings. The molecule has 5 nitrogen and oxygen atoms in total. The van der Waals surface area contributed by atoms with Crippen molar-refractivity contribution >= 4 is 11.7 Å². The van der Waals surface area contributed by atoms with Crippen molar-refractivity contribution in [3.8, 4) is 0 Å². The lowest BCUT2D eigenvalue weighted by Crippen LogP contribution is -2.55. The van der Waals surface area contributed by atoms with E-state index < -0.39 is 0 Å². The van der Waals surface area contributed by atoms with Crippen LogP contribution in [0, 0.1) is 5.41 Å². The van der Waals surface area contributed by atoms with Crippen LogP contribution >= 0.6 is 0 Å². The van der Waals surface area contributed by atoms with Crippen molar-refractivity contribution in [1.82, 2.24) is 9.88 Å². The molecule has 1 aliphatic heterocycles. The molecule has 1 saturated heterocycles. The molecule has 98 valence electrons. The first-order chi connectivity index (χ1) is 8.49. The molecule has 0 amide bonds. The van der Waals surface area contributed by atoms with E-state index in [9.17, 15) is 0 Å². The average molecular weight is 247 g/mol. The Morgan fingerprint density at radius 1 is 1.33 bits per heavy atom. The van der Waals surface area contributed by atoms with Gasteiger partial charge in [0.25, 0.3) is 0 Å². The molecule has 1 aromatic heterocycles. The van der Waals surface area contributed by atoms with Gasteiger partial charge in [0.05, 0.1) is 0 Å². The quantitative estimate of drug-likeness (QED) is 0.601. The highest BCUT2D eigenvalue weighted by molar-refractivity contribution is 5.94. The summed E-state index contributed by atoms with van der Waals surface area (Å²) in [5.74, 6) is 1.03. The number of hydrogen-bond acceptors (Lipinski definition) is 4. The zero-order valence-electron chi connectivity index (χ0n) is 11.2. The summed E-state index contributed by atoms with van der Waals surface area (Å²) in [7, 11) is 2.17. The van der Waals surface area contributed by atoms with E-state index in [4.69, 9.17) is 11.1 Å². The number of hydrogen-bond donors (Lipinski definition) is 2. The van der Waals surface area contributed by atoms with E-state index in [-0.39, 0.29) is 5.84 Å². The molecular formula is C13H21N5. The molecule has 1 aromatic rings. The number of nitrogens with one attached hydrogen (secondary N) is 1. The van der Waals surface area contributed by atoms with Crippen LogP contribution in [0.4, 0.5) is 5.82 Å². The second kappa shape index (κ2) is 4.94. The Morgan fingerprint density at radius 2 is 1.94 bits per heavy atom. The lowest BCUT2D eigenvalue weighted by molar-refractivity contribution is 0.169. The largest absolute Gasteiger partial charge is 0.384 e. The summed E-state index contributed by atoms with van der Waals surface area (Å²) >= 11 is 0. The van der Waals surface area contributed by atoms with Crippen LogP contribution in [0.1, 0.15) is 19.4 Å². The Bertz CT molecular complexity index is 416. The fourth-order valence-corrected chi connectivity index (χ4v) is 2.32. The summed E-state index contributed by atoms with van der Waals surface area (Å²) in [4.78, 5) is 9.08. The molecule has 0 radical (unpaired) electrons. The summed E-state index contributed by atoms with van der Waals surface area (Å²) in [5, 5.41) is 7.36. The Labute approximate surface area is 108 Å².